The Bertz CT molecular complexity index is 555. The lowest BCUT2D eigenvalue weighted by Gasteiger charge is -2.22. The first kappa shape index (κ1) is 15.5. The second kappa shape index (κ2) is 6.03. The molecule has 0 fully saturated rings. The summed E-state index contributed by atoms with van der Waals surface area (Å²) >= 11 is 0. The standard InChI is InChI=1S/C12H18N2O4S/c1-8(2)11(12(15)18-3)14-9-6-4-5-7-10(9)19(13,16)17/h4-8,11,14H,1-3H3,(H2,13,16,17). The average molecular weight is 286 g/mol. The fourth-order valence-corrected chi connectivity index (χ4v) is 2.33. The highest BCUT2D eigenvalue weighted by molar-refractivity contribution is 7.89. The first-order valence-corrected chi connectivity index (χ1v) is 7.28. The molecule has 1 atom stereocenters. The van der Waals surface area contributed by atoms with Crippen LogP contribution < -0.4 is 10.5 Å². The van der Waals surface area contributed by atoms with Crippen molar-refractivity contribution in [1.29, 1.82) is 0 Å². The normalized spacial score (nSPS) is 13.1. The Hall–Kier alpha value is -1.60. The van der Waals surface area contributed by atoms with Crippen LogP contribution >= 0.6 is 0 Å². The zero-order chi connectivity index (χ0) is 14.6. The Kier molecular flexibility index (Phi) is 4.90. The van der Waals surface area contributed by atoms with E-state index in [2.05, 4.69) is 10.1 Å². The van der Waals surface area contributed by atoms with E-state index >= 15 is 0 Å². The van der Waals surface area contributed by atoms with Crippen molar-refractivity contribution in [2.24, 2.45) is 11.1 Å². The Morgan fingerprint density at radius 2 is 1.89 bits per heavy atom. The third-order valence-electron chi connectivity index (χ3n) is 2.63. The number of carbonyl (C=O) groups excluding carboxylic acids is 1. The van der Waals surface area contributed by atoms with E-state index in [1.165, 1.54) is 13.2 Å². The molecule has 3 N–H and O–H groups in total. The Labute approximate surface area is 113 Å². The van der Waals surface area contributed by atoms with Crippen LogP contribution in [-0.4, -0.2) is 27.5 Å². The quantitative estimate of drug-likeness (QED) is 0.785. The molecule has 106 valence electrons. The highest BCUT2D eigenvalue weighted by atomic mass is 32.2. The number of esters is 1. The molecular weight excluding hydrogens is 268 g/mol. The number of anilines is 1. The molecule has 19 heavy (non-hydrogen) atoms. The predicted molar refractivity (Wildman–Crippen MR) is 72.1 cm³/mol. The number of sulfonamides is 1. The van der Waals surface area contributed by atoms with Gasteiger partial charge in [0.15, 0.2) is 0 Å². The Morgan fingerprint density at radius 3 is 2.37 bits per heavy atom. The molecule has 6 nitrogen and oxygen atoms in total. The summed E-state index contributed by atoms with van der Waals surface area (Å²) in [5.74, 6) is -0.528. The van der Waals surface area contributed by atoms with Crippen LogP contribution in [0.25, 0.3) is 0 Å². The molecule has 0 saturated carbocycles. The topological polar surface area (TPSA) is 98.5 Å². The monoisotopic (exact) mass is 286 g/mol. The lowest BCUT2D eigenvalue weighted by Crippen LogP contribution is -2.36. The molecule has 1 unspecified atom stereocenters. The van der Waals surface area contributed by atoms with Gasteiger partial charge in [-0.05, 0) is 18.1 Å². The number of hydrogen-bond donors (Lipinski definition) is 2. The van der Waals surface area contributed by atoms with Gasteiger partial charge in [-0.25, -0.2) is 18.4 Å². The molecule has 0 bridgehead atoms. The summed E-state index contributed by atoms with van der Waals surface area (Å²) < 4.78 is 27.6. The van der Waals surface area contributed by atoms with Crippen molar-refractivity contribution in [3.63, 3.8) is 0 Å². The van der Waals surface area contributed by atoms with Crippen molar-refractivity contribution in [3.05, 3.63) is 24.3 Å². The average Bonchev–Trinajstić information content (AvgIpc) is 2.34. The number of ether oxygens (including phenoxy) is 1. The van der Waals surface area contributed by atoms with Gasteiger partial charge in [-0.15, -0.1) is 0 Å². The molecule has 0 radical (unpaired) electrons. The van der Waals surface area contributed by atoms with Crippen molar-refractivity contribution in [2.45, 2.75) is 24.8 Å². The third-order valence-corrected chi connectivity index (χ3v) is 3.60. The first-order valence-electron chi connectivity index (χ1n) is 5.73. The molecule has 7 heteroatoms. The van der Waals surface area contributed by atoms with Crippen LogP contribution in [0, 0.1) is 5.92 Å². The van der Waals surface area contributed by atoms with E-state index in [1.807, 2.05) is 13.8 Å². The van der Waals surface area contributed by atoms with Gasteiger partial charge in [0.05, 0.1) is 12.8 Å². The molecule has 0 aromatic heterocycles. The van der Waals surface area contributed by atoms with Crippen molar-refractivity contribution in [2.75, 3.05) is 12.4 Å². The summed E-state index contributed by atoms with van der Waals surface area (Å²) in [4.78, 5) is 11.6. The number of nitrogens with one attached hydrogen (secondary N) is 1. The summed E-state index contributed by atoms with van der Waals surface area (Å²) in [6.45, 7) is 3.66. The summed E-state index contributed by atoms with van der Waals surface area (Å²) in [7, 11) is -2.57. The van der Waals surface area contributed by atoms with Crippen molar-refractivity contribution < 1.29 is 17.9 Å². The van der Waals surface area contributed by atoms with Crippen LogP contribution in [0.15, 0.2) is 29.2 Å². The lowest BCUT2D eigenvalue weighted by atomic mass is 10.0. The van der Waals surface area contributed by atoms with Gasteiger partial charge in [-0.1, -0.05) is 26.0 Å². The predicted octanol–water partition coefficient (Wildman–Crippen LogP) is 0.943. The molecule has 0 amide bonds. The van der Waals surface area contributed by atoms with Gasteiger partial charge in [-0.2, -0.15) is 0 Å². The molecule has 0 aliphatic carbocycles. The summed E-state index contributed by atoms with van der Waals surface area (Å²) in [6.07, 6.45) is 0. The number of para-hydroxylation sites is 1. The van der Waals surface area contributed by atoms with E-state index in [-0.39, 0.29) is 16.5 Å². The Morgan fingerprint density at radius 1 is 1.32 bits per heavy atom. The minimum Gasteiger partial charge on any atom is -0.467 e. The molecule has 1 rings (SSSR count). The van der Waals surface area contributed by atoms with E-state index in [1.54, 1.807) is 18.2 Å². The highest BCUT2D eigenvalue weighted by Crippen LogP contribution is 2.22. The van der Waals surface area contributed by atoms with Crippen molar-refractivity contribution in [3.8, 4) is 0 Å². The first-order chi connectivity index (χ1) is 8.77. The van der Waals surface area contributed by atoms with E-state index in [4.69, 9.17) is 5.14 Å². The summed E-state index contributed by atoms with van der Waals surface area (Å²) in [5.41, 5.74) is 0.286. The molecule has 1 aromatic carbocycles. The SMILES string of the molecule is COC(=O)C(Nc1ccccc1S(N)(=O)=O)C(C)C. The summed E-state index contributed by atoms with van der Waals surface area (Å²) in [6, 6.07) is 5.51. The molecular formula is C12H18N2O4S. The van der Waals surface area contributed by atoms with Crippen molar-refractivity contribution in [1.82, 2.24) is 0 Å². The number of primary sulfonamides is 1. The lowest BCUT2D eigenvalue weighted by molar-refractivity contribution is -0.142. The highest BCUT2D eigenvalue weighted by Gasteiger charge is 2.25. The smallest absolute Gasteiger partial charge is 0.328 e. The fraction of sp³-hybridized carbons (Fsp3) is 0.417. The maximum absolute atomic E-state index is 11.7. The van der Waals surface area contributed by atoms with Crippen LogP contribution in [0.5, 0.6) is 0 Å². The number of rotatable bonds is 5. The molecule has 1 aromatic rings. The maximum atomic E-state index is 11.7. The van der Waals surface area contributed by atoms with E-state index in [9.17, 15) is 13.2 Å². The molecule has 0 aliphatic heterocycles. The van der Waals surface area contributed by atoms with Gasteiger partial charge in [0, 0.05) is 0 Å². The third kappa shape index (κ3) is 3.93. The number of methoxy groups -OCH3 is 1. The minimum atomic E-state index is -3.85. The van der Waals surface area contributed by atoms with E-state index < -0.39 is 22.0 Å². The van der Waals surface area contributed by atoms with E-state index in [0.717, 1.165) is 0 Å². The van der Waals surface area contributed by atoms with Gasteiger partial charge in [0.25, 0.3) is 0 Å². The van der Waals surface area contributed by atoms with Gasteiger partial charge >= 0.3 is 5.97 Å². The second-order valence-electron chi connectivity index (χ2n) is 4.43. The second-order valence-corrected chi connectivity index (χ2v) is 5.96. The molecule has 0 spiro atoms. The number of carbonyl (C=O) groups is 1. The van der Waals surface area contributed by atoms with Crippen LogP contribution in [0.4, 0.5) is 5.69 Å². The van der Waals surface area contributed by atoms with Gasteiger partial charge in [0.1, 0.15) is 10.9 Å². The molecule has 0 heterocycles. The molecule has 0 aliphatic rings. The van der Waals surface area contributed by atoms with E-state index in [0.29, 0.717) is 0 Å². The zero-order valence-electron chi connectivity index (χ0n) is 11.1. The minimum absolute atomic E-state index is 0.0513. The number of hydrogen-bond acceptors (Lipinski definition) is 5. The fourth-order valence-electron chi connectivity index (χ4n) is 1.63. The number of benzene rings is 1. The van der Waals surface area contributed by atoms with Gasteiger partial charge in [-0.3, -0.25) is 0 Å². The zero-order valence-corrected chi connectivity index (χ0v) is 11.9. The van der Waals surface area contributed by atoms with Crippen LogP contribution in [0.3, 0.4) is 0 Å². The molecule has 0 saturated heterocycles. The Balaban J connectivity index is 3.14. The van der Waals surface area contributed by atoms with Crippen LogP contribution in [-0.2, 0) is 19.6 Å². The summed E-state index contributed by atoms with van der Waals surface area (Å²) in [5, 5.41) is 8.00. The van der Waals surface area contributed by atoms with Gasteiger partial charge in [0.2, 0.25) is 10.0 Å². The van der Waals surface area contributed by atoms with Crippen LogP contribution in [0.2, 0.25) is 0 Å². The van der Waals surface area contributed by atoms with Crippen LogP contribution in [0.1, 0.15) is 13.8 Å². The van der Waals surface area contributed by atoms with Crippen molar-refractivity contribution >= 4 is 21.7 Å². The number of nitrogens with two attached hydrogens (primary N) is 1. The maximum Gasteiger partial charge on any atom is 0.328 e. The largest absolute Gasteiger partial charge is 0.467 e. The van der Waals surface area contributed by atoms with Gasteiger partial charge < -0.3 is 10.1 Å².